The van der Waals surface area contributed by atoms with Gasteiger partial charge in [-0.25, -0.2) is 9.78 Å². The Morgan fingerprint density at radius 2 is 1.93 bits per heavy atom. The fraction of sp³-hybridized carbons (Fsp3) is 0.364. The molecule has 2 aromatic carbocycles. The molecule has 2 N–H and O–H groups in total. The molecule has 1 saturated carbocycles. The summed E-state index contributed by atoms with van der Waals surface area (Å²) in [6.45, 7) is 0.645. The van der Waals surface area contributed by atoms with E-state index < -0.39 is 0 Å². The lowest BCUT2D eigenvalue weighted by atomic mass is 10.2. The number of fused-ring (bicyclic) bond motifs is 1. The molecule has 28 heavy (non-hydrogen) atoms. The maximum Gasteiger partial charge on any atom is 0.322 e. The van der Waals surface area contributed by atoms with E-state index >= 15 is 0 Å². The smallest absolute Gasteiger partial charge is 0.322 e. The molecule has 4 rings (SSSR count). The Bertz CT molecular complexity index is 896. The minimum absolute atomic E-state index is 0.0480. The van der Waals surface area contributed by atoms with Crippen molar-refractivity contribution in [2.75, 3.05) is 19.0 Å². The van der Waals surface area contributed by atoms with Gasteiger partial charge < -0.3 is 19.9 Å². The van der Waals surface area contributed by atoms with Gasteiger partial charge in [0.1, 0.15) is 11.6 Å². The van der Waals surface area contributed by atoms with Crippen LogP contribution in [0.15, 0.2) is 48.5 Å². The molecule has 3 aromatic rings. The van der Waals surface area contributed by atoms with Gasteiger partial charge in [0.25, 0.3) is 0 Å². The fourth-order valence-corrected chi connectivity index (χ4v) is 3.89. The van der Waals surface area contributed by atoms with E-state index in [0.717, 1.165) is 41.1 Å². The number of nitrogens with zero attached hydrogens (tertiary/aromatic N) is 2. The summed E-state index contributed by atoms with van der Waals surface area (Å²) in [6, 6.07) is 15.7. The number of carbonyl (C=O) groups is 1. The molecule has 0 bridgehead atoms. The van der Waals surface area contributed by atoms with Crippen LogP contribution in [0.2, 0.25) is 0 Å². The lowest BCUT2D eigenvalue weighted by Gasteiger charge is -2.29. The van der Waals surface area contributed by atoms with Crippen LogP contribution in [0.3, 0.4) is 0 Å². The molecular formula is C22H26N4O2. The van der Waals surface area contributed by atoms with Crippen molar-refractivity contribution in [2.24, 2.45) is 0 Å². The van der Waals surface area contributed by atoms with Crippen LogP contribution in [-0.2, 0) is 6.42 Å². The third-order valence-electron chi connectivity index (χ3n) is 5.40. The van der Waals surface area contributed by atoms with Crippen molar-refractivity contribution in [3.05, 3.63) is 54.4 Å². The van der Waals surface area contributed by atoms with E-state index in [1.165, 1.54) is 12.8 Å². The SMILES string of the molecule is COc1ccc(NC(=O)N(CCc2nc3ccccc3[nH]2)C2CCCC2)cc1. The molecule has 0 unspecified atom stereocenters. The zero-order valence-corrected chi connectivity index (χ0v) is 16.1. The number of anilines is 1. The van der Waals surface area contributed by atoms with Crippen LogP contribution in [-0.4, -0.2) is 40.6 Å². The Labute approximate surface area is 164 Å². The number of ether oxygens (including phenoxy) is 1. The van der Waals surface area contributed by atoms with Crippen molar-refractivity contribution in [2.45, 2.75) is 38.1 Å². The largest absolute Gasteiger partial charge is 0.497 e. The zero-order valence-electron chi connectivity index (χ0n) is 16.1. The van der Waals surface area contributed by atoms with Gasteiger partial charge in [-0.3, -0.25) is 0 Å². The maximum atomic E-state index is 13.0. The molecule has 6 nitrogen and oxygen atoms in total. The van der Waals surface area contributed by atoms with Gasteiger partial charge >= 0.3 is 6.03 Å². The molecule has 146 valence electrons. The predicted molar refractivity (Wildman–Crippen MR) is 111 cm³/mol. The lowest BCUT2D eigenvalue weighted by Crippen LogP contribution is -2.43. The zero-order chi connectivity index (χ0) is 19.3. The third-order valence-corrected chi connectivity index (χ3v) is 5.40. The average Bonchev–Trinajstić information content (AvgIpc) is 3.38. The number of rotatable bonds is 6. The van der Waals surface area contributed by atoms with Crippen LogP contribution in [0.25, 0.3) is 11.0 Å². The molecule has 0 saturated heterocycles. The van der Waals surface area contributed by atoms with Crippen LogP contribution in [0.4, 0.5) is 10.5 Å². The van der Waals surface area contributed by atoms with Crippen molar-refractivity contribution < 1.29 is 9.53 Å². The van der Waals surface area contributed by atoms with Gasteiger partial charge in [-0.15, -0.1) is 0 Å². The molecule has 1 heterocycles. The minimum Gasteiger partial charge on any atom is -0.497 e. The van der Waals surface area contributed by atoms with Gasteiger partial charge in [0.05, 0.1) is 18.1 Å². The van der Waals surface area contributed by atoms with Crippen molar-refractivity contribution in [3.8, 4) is 5.75 Å². The van der Waals surface area contributed by atoms with E-state index in [2.05, 4.69) is 15.3 Å². The summed E-state index contributed by atoms with van der Waals surface area (Å²) in [4.78, 5) is 23.0. The summed E-state index contributed by atoms with van der Waals surface area (Å²) < 4.78 is 5.18. The molecule has 6 heteroatoms. The number of aromatic amines is 1. The van der Waals surface area contributed by atoms with Crippen molar-refractivity contribution in [1.29, 1.82) is 0 Å². The molecule has 2 amide bonds. The van der Waals surface area contributed by atoms with Gasteiger partial charge in [-0.1, -0.05) is 25.0 Å². The van der Waals surface area contributed by atoms with Crippen LogP contribution in [0, 0.1) is 0 Å². The first-order valence-corrected chi connectivity index (χ1v) is 9.88. The van der Waals surface area contributed by atoms with Crippen molar-refractivity contribution in [3.63, 3.8) is 0 Å². The maximum absolute atomic E-state index is 13.0. The van der Waals surface area contributed by atoms with E-state index in [-0.39, 0.29) is 6.03 Å². The third kappa shape index (κ3) is 4.11. The molecule has 0 spiro atoms. The van der Waals surface area contributed by atoms with Crippen LogP contribution >= 0.6 is 0 Å². The summed E-state index contributed by atoms with van der Waals surface area (Å²) in [7, 11) is 1.63. The highest BCUT2D eigenvalue weighted by atomic mass is 16.5. The second-order valence-corrected chi connectivity index (χ2v) is 7.24. The fourth-order valence-electron chi connectivity index (χ4n) is 3.89. The van der Waals surface area contributed by atoms with E-state index in [0.29, 0.717) is 19.0 Å². The Balaban J connectivity index is 1.45. The predicted octanol–water partition coefficient (Wildman–Crippen LogP) is 4.59. The minimum atomic E-state index is -0.0480. The van der Waals surface area contributed by atoms with E-state index in [9.17, 15) is 4.79 Å². The number of hydrogen-bond donors (Lipinski definition) is 2. The number of imidazole rings is 1. The van der Waals surface area contributed by atoms with Crippen molar-refractivity contribution >= 4 is 22.8 Å². The van der Waals surface area contributed by atoms with E-state index in [4.69, 9.17) is 4.74 Å². The molecule has 1 aliphatic carbocycles. The second kappa shape index (κ2) is 8.33. The standard InChI is InChI=1S/C22H26N4O2/c1-28-18-12-10-16(11-13-18)23-22(27)26(17-6-2-3-7-17)15-14-21-24-19-8-4-5-9-20(19)25-21/h4-5,8-13,17H,2-3,6-7,14-15H2,1H3,(H,23,27)(H,24,25). The number of aromatic nitrogens is 2. The summed E-state index contributed by atoms with van der Waals surface area (Å²) >= 11 is 0. The lowest BCUT2D eigenvalue weighted by molar-refractivity contribution is 0.189. The van der Waals surface area contributed by atoms with Gasteiger partial charge in [-0.2, -0.15) is 0 Å². The Hall–Kier alpha value is -3.02. The first-order valence-electron chi connectivity index (χ1n) is 9.88. The van der Waals surface area contributed by atoms with E-state index in [1.54, 1.807) is 7.11 Å². The second-order valence-electron chi connectivity index (χ2n) is 7.24. The van der Waals surface area contributed by atoms with Gasteiger partial charge in [0.2, 0.25) is 0 Å². The normalized spacial score (nSPS) is 14.3. The topological polar surface area (TPSA) is 70.2 Å². The van der Waals surface area contributed by atoms with Gasteiger partial charge in [0, 0.05) is 24.7 Å². The number of H-pyrrole nitrogens is 1. The number of amides is 2. The number of urea groups is 1. The van der Waals surface area contributed by atoms with Crippen LogP contribution < -0.4 is 10.1 Å². The molecule has 1 fully saturated rings. The van der Waals surface area contributed by atoms with Crippen LogP contribution in [0.5, 0.6) is 5.75 Å². The van der Waals surface area contributed by atoms with E-state index in [1.807, 2.05) is 53.4 Å². The molecule has 0 radical (unpaired) electrons. The molecular weight excluding hydrogens is 352 g/mol. The highest BCUT2D eigenvalue weighted by molar-refractivity contribution is 5.89. The molecule has 1 aliphatic rings. The Morgan fingerprint density at radius 3 is 2.64 bits per heavy atom. The summed E-state index contributed by atoms with van der Waals surface area (Å²) in [5, 5.41) is 3.03. The Kier molecular flexibility index (Phi) is 5.46. The van der Waals surface area contributed by atoms with Crippen molar-refractivity contribution in [1.82, 2.24) is 14.9 Å². The first kappa shape index (κ1) is 18.3. The molecule has 0 aliphatic heterocycles. The summed E-state index contributed by atoms with van der Waals surface area (Å²) in [5.41, 5.74) is 2.78. The Morgan fingerprint density at radius 1 is 1.18 bits per heavy atom. The average molecular weight is 378 g/mol. The number of hydrogen-bond acceptors (Lipinski definition) is 3. The number of benzene rings is 2. The number of carbonyl (C=O) groups excluding carboxylic acids is 1. The monoisotopic (exact) mass is 378 g/mol. The van der Waals surface area contributed by atoms with Crippen LogP contribution in [0.1, 0.15) is 31.5 Å². The number of nitrogens with one attached hydrogen (secondary N) is 2. The number of para-hydroxylation sites is 2. The van der Waals surface area contributed by atoms with Gasteiger partial charge in [-0.05, 0) is 49.2 Å². The quantitative estimate of drug-likeness (QED) is 0.659. The highest BCUT2D eigenvalue weighted by Crippen LogP contribution is 2.25. The summed E-state index contributed by atoms with van der Waals surface area (Å²) in [6.07, 6.45) is 5.21. The highest BCUT2D eigenvalue weighted by Gasteiger charge is 2.26. The van der Waals surface area contributed by atoms with Gasteiger partial charge in [0.15, 0.2) is 0 Å². The molecule has 1 aromatic heterocycles. The first-order chi connectivity index (χ1) is 13.7. The summed E-state index contributed by atoms with van der Waals surface area (Å²) in [5.74, 6) is 1.69. The number of methoxy groups -OCH3 is 1. The molecule has 0 atom stereocenters.